The van der Waals surface area contributed by atoms with Crippen molar-refractivity contribution < 1.29 is 28.6 Å². The largest absolute Gasteiger partial charge is 0.469 e. The first-order valence-corrected chi connectivity index (χ1v) is 7.77. The van der Waals surface area contributed by atoms with Crippen molar-refractivity contribution in [3.8, 4) is 0 Å². The smallest absolute Gasteiger partial charge is 0.410 e. The van der Waals surface area contributed by atoms with E-state index in [2.05, 4.69) is 4.74 Å². The van der Waals surface area contributed by atoms with Gasteiger partial charge in [0.05, 0.1) is 27.1 Å². The van der Waals surface area contributed by atoms with Gasteiger partial charge in [-0.05, 0) is 27.2 Å². The van der Waals surface area contributed by atoms with Crippen molar-refractivity contribution in [2.45, 2.75) is 65.0 Å². The molecule has 0 bridgehead atoms. The molecule has 0 saturated carbocycles. The van der Waals surface area contributed by atoms with Crippen molar-refractivity contribution in [1.29, 1.82) is 0 Å². The van der Waals surface area contributed by atoms with Crippen molar-refractivity contribution >= 4 is 18.0 Å². The van der Waals surface area contributed by atoms with Gasteiger partial charge >= 0.3 is 18.0 Å². The lowest BCUT2D eigenvalue weighted by molar-refractivity contribution is -0.142. The van der Waals surface area contributed by atoms with Crippen LogP contribution in [0.5, 0.6) is 0 Å². The second kappa shape index (κ2) is 10.1. The Labute approximate surface area is 138 Å². The van der Waals surface area contributed by atoms with Crippen LogP contribution in [-0.2, 0) is 23.8 Å². The zero-order chi connectivity index (χ0) is 18.0. The van der Waals surface area contributed by atoms with Crippen LogP contribution in [0.1, 0.15) is 53.4 Å². The third-order valence-electron chi connectivity index (χ3n) is 3.11. The van der Waals surface area contributed by atoms with E-state index in [9.17, 15) is 14.4 Å². The average molecular weight is 331 g/mol. The molecule has 0 aliphatic carbocycles. The standard InChI is InChI=1S/C16H29NO6/c1-7-8-12(11-14(19)22-6)17(10-9-13(18)21-5)15(20)23-16(2,3)4/h12H,7-11H2,1-6H3/t12-/m1/s1. The molecule has 23 heavy (non-hydrogen) atoms. The first-order valence-electron chi connectivity index (χ1n) is 7.77. The minimum Gasteiger partial charge on any atom is -0.469 e. The number of carbonyl (C=O) groups excluding carboxylic acids is 3. The molecule has 0 saturated heterocycles. The van der Waals surface area contributed by atoms with E-state index in [1.165, 1.54) is 19.1 Å². The van der Waals surface area contributed by atoms with E-state index in [0.29, 0.717) is 6.42 Å². The lowest BCUT2D eigenvalue weighted by Crippen LogP contribution is -2.45. The van der Waals surface area contributed by atoms with Crippen LogP contribution in [0.4, 0.5) is 4.79 Å². The van der Waals surface area contributed by atoms with Crippen LogP contribution < -0.4 is 0 Å². The molecule has 0 aliphatic heterocycles. The lowest BCUT2D eigenvalue weighted by Gasteiger charge is -2.33. The van der Waals surface area contributed by atoms with Crippen LogP contribution in [0.15, 0.2) is 0 Å². The van der Waals surface area contributed by atoms with Gasteiger partial charge in [-0.15, -0.1) is 0 Å². The molecule has 7 heteroatoms. The number of rotatable bonds is 8. The van der Waals surface area contributed by atoms with E-state index in [1.54, 1.807) is 20.8 Å². The topological polar surface area (TPSA) is 82.1 Å². The molecule has 1 amide bonds. The number of hydrogen-bond acceptors (Lipinski definition) is 6. The summed E-state index contributed by atoms with van der Waals surface area (Å²) in [5, 5.41) is 0. The predicted octanol–water partition coefficient (Wildman–Crippen LogP) is 2.52. The highest BCUT2D eigenvalue weighted by Gasteiger charge is 2.30. The number of nitrogens with zero attached hydrogens (tertiary/aromatic N) is 1. The van der Waals surface area contributed by atoms with Crippen LogP contribution in [0.3, 0.4) is 0 Å². The van der Waals surface area contributed by atoms with Crippen LogP contribution in [-0.4, -0.2) is 55.3 Å². The van der Waals surface area contributed by atoms with Gasteiger partial charge in [0, 0.05) is 12.6 Å². The number of esters is 2. The predicted molar refractivity (Wildman–Crippen MR) is 84.9 cm³/mol. The maximum absolute atomic E-state index is 12.4. The Morgan fingerprint density at radius 3 is 2.04 bits per heavy atom. The van der Waals surface area contributed by atoms with E-state index >= 15 is 0 Å². The molecule has 0 N–H and O–H groups in total. The van der Waals surface area contributed by atoms with Crippen LogP contribution >= 0.6 is 0 Å². The molecule has 0 fully saturated rings. The maximum atomic E-state index is 12.4. The third-order valence-corrected chi connectivity index (χ3v) is 3.11. The highest BCUT2D eigenvalue weighted by Crippen LogP contribution is 2.18. The fourth-order valence-corrected chi connectivity index (χ4v) is 2.03. The maximum Gasteiger partial charge on any atom is 0.410 e. The van der Waals surface area contributed by atoms with Gasteiger partial charge in [-0.3, -0.25) is 9.59 Å². The van der Waals surface area contributed by atoms with E-state index in [4.69, 9.17) is 9.47 Å². The van der Waals surface area contributed by atoms with Gasteiger partial charge in [0.15, 0.2) is 0 Å². The Morgan fingerprint density at radius 1 is 1.04 bits per heavy atom. The van der Waals surface area contributed by atoms with Gasteiger partial charge in [0.2, 0.25) is 0 Å². The summed E-state index contributed by atoms with van der Waals surface area (Å²) in [5.74, 6) is -0.832. The highest BCUT2D eigenvalue weighted by molar-refractivity contribution is 5.74. The van der Waals surface area contributed by atoms with E-state index in [-0.39, 0.29) is 25.4 Å². The number of hydrogen-bond donors (Lipinski definition) is 0. The number of carbonyl (C=O) groups is 3. The summed E-state index contributed by atoms with van der Waals surface area (Å²) in [6, 6.07) is -0.382. The summed E-state index contributed by atoms with van der Waals surface area (Å²) in [7, 11) is 2.59. The molecule has 0 aliphatic rings. The summed E-state index contributed by atoms with van der Waals surface area (Å²) in [6.45, 7) is 7.37. The Bertz CT molecular complexity index is 402. The molecular formula is C16H29NO6. The Kier molecular flexibility index (Phi) is 9.29. The molecule has 0 radical (unpaired) electrons. The minimum absolute atomic E-state index is 0.0388. The molecule has 0 unspecified atom stereocenters. The average Bonchev–Trinajstić information content (AvgIpc) is 2.45. The summed E-state index contributed by atoms with van der Waals surface area (Å²) >= 11 is 0. The van der Waals surface area contributed by atoms with Crippen molar-refractivity contribution in [1.82, 2.24) is 4.90 Å². The van der Waals surface area contributed by atoms with Crippen molar-refractivity contribution in [3.63, 3.8) is 0 Å². The van der Waals surface area contributed by atoms with Crippen molar-refractivity contribution in [3.05, 3.63) is 0 Å². The normalized spacial score (nSPS) is 12.3. The summed E-state index contributed by atoms with van der Waals surface area (Å²) in [6.07, 6.45) is 0.931. The van der Waals surface area contributed by atoms with Gasteiger partial charge in [0.1, 0.15) is 5.60 Å². The number of ether oxygens (including phenoxy) is 3. The quantitative estimate of drug-likeness (QED) is 0.502. The van der Waals surface area contributed by atoms with Crippen molar-refractivity contribution in [2.75, 3.05) is 20.8 Å². The second-order valence-corrected chi connectivity index (χ2v) is 6.22. The van der Waals surface area contributed by atoms with Crippen LogP contribution in [0.25, 0.3) is 0 Å². The van der Waals surface area contributed by atoms with Crippen LogP contribution in [0, 0.1) is 0 Å². The zero-order valence-electron chi connectivity index (χ0n) is 15.0. The Balaban J connectivity index is 5.19. The van der Waals surface area contributed by atoms with E-state index < -0.39 is 23.6 Å². The molecule has 1 atom stereocenters. The second-order valence-electron chi connectivity index (χ2n) is 6.22. The SMILES string of the molecule is CCC[C@H](CC(=O)OC)N(CCC(=O)OC)C(=O)OC(C)(C)C. The first kappa shape index (κ1) is 21.2. The lowest BCUT2D eigenvalue weighted by atomic mass is 10.1. The molecule has 0 rings (SSSR count). The molecule has 134 valence electrons. The third kappa shape index (κ3) is 9.05. The summed E-state index contributed by atoms with van der Waals surface area (Å²) in [5.41, 5.74) is -0.664. The Morgan fingerprint density at radius 2 is 1.61 bits per heavy atom. The van der Waals surface area contributed by atoms with Gasteiger partial charge in [-0.1, -0.05) is 13.3 Å². The molecule has 0 aromatic heterocycles. The molecule has 0 heterocycles. The molecule has 0 aromatic rings. The van der Waals surface area contributed by atoms with Gasteiger partial charge in [0.25, 0.3) is 0 Å². The number of amides is 1. The van der Waals surface area contributed by atoms with Gasteiger partial charge in [-0.25, -0.2) is 4.79 Å². The monoisotopic (exact) mass is 331 g/mol. The molecule has 0 spiro atoms. The minimum atomic E-state index is -0.664. The zero-order valence-corrected chi connectivity index (χ0v) is 15.0. The van der Waals surface area contributed by atoms with Crippen molar-refractivity contribution in [2.24, 2.45) is 0 Å². The van der Waals surface area contributed by atoms with Gasteiger partial charge < -0.3 is 19.1 Å². The fourth-order valence-electron chi connectivity index (χ4n) is 2.03. The molecular weight excluding hydrogens is 302 g/mol. The van der Waals surface area contributed by atoms with E-state index in [1.807, 2.05) is 6.92 Å². The van der Waals surface area contributed by atoms with Crippen LogP contribution in [0.2, 0.25) is 0 Å². The fraction of sp³-hybridized carbons (Fsp3) is 0.812. The molecule has 0 aromatic carbocycles. The summed E-state index contributed by atoms with van der Waals surface area (Å²) in [4.78, 5) is 36.9. The highest BCUT2D eigenvalue weighted by atomic mass is 16.6. The summed E-state index contributed by atoms with van der Waals surface area (Å²) < 4.78 is 14.7. The number of methoxy groups -OCH3 is 2. The molecule has 7 nitrogen and oxygen atoms in total. The van der Waals surface area contributed by atoms with Gasteiger partial charge in [-0.2, -0.15) is 0 Å². The van der Waals surface area contributed by atoms with E-state index in [0.717, 1.165) is 6.42 Å². The first-order chi connectivity index (χ1) is 10.6. The Hall–Kier alpha value is -1.79.